The Morgan fingerprint density at radius 1 is 1.40 bits per heavy atom. The quantitative estimate of drug-likeness (QED) is 0.887. The molecule has 1 atom stereocenters. The fourth-order valence-corrected chi connectivity index (χ4v) is 3.13. The maximum Gasteiger partial charge on any atom is 0.308 e. The third-order valence-corrected chi connectivity index (χ3v) is 4.16. The molecule has 7 heteroatoms. The number of piperidine rings is 1. The second-order valence-corrected chi connectivity index (χ2v) is 5.86. The lowest BCUT2D eigenvalue weighted by molar-refractivity contribution is -0.143. The van der Waals surface area contributed by atoms with Gasteiger partial charge >= 0.3 is 5.97 Å². The molecule has 1 unspecified atom stereocenters. The van der Waals surface area contributed by atoms with Crippen LogP contribution in [-0.4, -0.2) is 40.9 Å². The third-order valence-electron chi connectivity index (χ3n) is 3.17. The van der Waals surface area contributed by atoms with Crippen molar-refractivity contribution < 1.29 is 19.5 Å². The van der Waals surface area contributed by atoms with Crippen molar-refractivity contribution >= 4 is 34.1 Å². The number of carboxylic acid groups (broad SMARTS) is 1. The molecule has 2 heterocycles. The Morgan fingerprint density at radius 3 is 2.80 bits per heavy atom. The number of carboxylic acids is 1. The standard InChI is InChI=1S/C13H16N2O4S/c1-8(16)14-11-5-4-10(20-11)12(17)15-6-2-3-9(7-15)13(18)19/h4-5,9H,2-3,6-7H2,1H3,(H,14,16)(H,18,19). The number of rotatable bonds is 3. The molecule has 1 aliphatic heterocycles. The Hall–Kier alpha value is -1.89. The van der Waals surface area contributed by atoms with Crippen molar-refractivity contribution in [2.24, 2.45) is 5.92 Å². The molecule has 2 rings (SSSR count). The molecule has 2 amide bonds. The van der Waals surface area contributed by atoms with E-state index in [4.69, 9.17) is 5.11 Å². The highest BCUT2D eigenvalue weighted by molar-refractivity contribution is 7.18. The van der Waals surface area contributed by atoms with E-state index in [1.165, 1.54) is 18.3 Å². The lowest BCUT2D eigenvalue weighted by Crippen LogP contribution is -2.42. The smallest absolute Gasteiger partial charge is 0.308 e. The van der Waals surface area contributed by atoms with E-state index < -0.39 is 11.9 Å². The zero-order valence-electron chi connectivity index (χ0n) is 11.1. The van der Waals surface area contributed by atoms with Crippen LogP contribution in [0.5, 0.6) is 0 Å². The highest BCUT2D eigenvalue weighted by Crippen LogP contribution is 2.25. The van der Waals surface area contributed by atoms with Gasteiger partial charge in [0.1, 0.15) is 0 Å². The van der Waals surface area contributed by atoms with Crippen LogP contribution < -0.4 is 5.32 Å². The Labute approximate surface area is 120 Å². The minimum absolute atomic E-state index is 0.169. The van der Waals surface area contributed by atoms with Crippen LogP contribution in [0, 0.1) is 5.92 Å². The summed E-state index contributed by atoms with van der Waals surface area (Å²) in [6.07, 6.45) is 1.31. The van der Waals surface area contributed by atoms with Crippen LogP contribution in [0.15, 0.2) is 12.1 Å². The van der Waals surface area contributed by atoms with E-state index in [-0.39, 0.29) is 18.4 Å². The molecule has 20 heavy (non-hydrogen) atoms. The number of likely N-dealkylation sites (tertiary alicyclic amines) is 1. The SMILES string of the molecule is CC(=O)Nc1ccc(C(=O)N2CCCC(C(=O)O)C2)s1. The molecule has 1 aromatic heterocycles. The minimum atomic E-state index is -0.854. The zero-order chi connectivity index (χ0) is 14.7. The van der Waals surface area contributed by atoms with Gasteiger partial charge in [-0.05, 0) is 25.0 Å². The van der Waals surface area contributed by atoms with Crippen LogP contribution in [0.4, 0.5) is 5.00 Å². The zero-order valence-corrected chi connectivity index (χ0v) is 11.9. The van der Waals surface area contributed by atoms with Gasteiger partial charge in [-0.25, -0.2) is 0 Å². The van der Waals surface area contributed by atoms with Gasteiger partial charge in [0.25, 0.3) is 5.91 Å². The lowest BCUT2D eigenvalue weighted by atomic mass is 9.98. The summed E-state index contributed by atoms with van der Waals surface area (Å²) in [5.74, 6) is -1.69. The van der Waals surface area contributed by atoms with Crippen molar-refractivity contribution in [2.45, 2.75) is 19.8 Å². The van der Waals surface area contributed by atoms with Gasteiger partial charge in [-0.15, -0.1) is 11.3 Å². The molecular formula is C13H16N2O4S. The van der Waals surface area contributed by atoms with Crippen molar-refractivity contribution in [3.05, 3.63) is 17.0 Å². The first-order valence-corrected chi connectivity index (χ1v) is 7.18. The maximum absolute atomic E-state index is 12.3. The monoisotopic (exact) mass is 296 g/mol. The number of nitrogens with one attached hydrogen (secondary N) is 1. The molecule has 0 spiro atoms. The van der Waals surface area contributed by atoms with E-state index in [0.717, 1.165) is 0 Å². The van der Waals surface area contributed by atoms with Crippen LogP contribution in [0.1, 0.15) is 29.4 Å². The maximum atomic E-state index is 12.3. The van der Waals surface area contributed by atoms with Crippen molar-refractivity contribution in [2.75, 3.05) is 18.4 Å². The number of hydrogen-bond donors (Lipinski definition) is 2. The average Bonchev–Trinajstić information content (AvgIpc) is 2.85. The molecular weight excluding hydrogens is 280 g/mol. The summed E-state index contributed by atoms with van der Waals surface area (Å²) in [5, 5.41) is 12.3. The lowest BCUT2D eigenvalue weighted by Gasteiger charge is -2.30. The third kappa shape index (κ3) is 3.36. The van der Waals surface area contributed by atoms with Gasteiger partial charge in [0.05, 0.1) is 15.8 Å². The summed E-state index contributed by atoms with van der Waals surface area (Å²) in [7, 11) is 0. The van der Waals surface area contributed by atoms with Gasteiger partial charge in [0.2, 0.25) is 5.91 Å². The van der Waals surface area contributed by atoms with Crippen molar-refractivity contribution in [3.8, 4) is 0 Å². The predicted molar refractivity (Wildman–Crippen MR) is 74.9 cm³/mol. The molecule has 1 fully saturated rings. The first-order valence-electron chi connectivity index (χ1n) is 6.37. The number of thiophene rings is 1. The largest absolute Gasteiger partial charge is 0.481 e. The van der Waals surface area contributed by atoms with Crippen LogP contribution in [0.25, 0.3) is 0 Å². The van der Waals surface area contributed by atoms with E-state index in [0.29, 0.717) is 29.3 Å². The average molecular weight is 296 g/mol. The van der Waals surface area contributed by atoms with Gasteiger partial charge < -0.3 is 15.3 Å². The van der Waals surface area contributed by atoms with Gasteiger partial charge in [-0.1, -0.05) is 0 Å². The molecule has 6 nitrogen and oxygen atoms in total. The Bertz CT molecular complexity index is 540. The summed E-state index contributed by atoms with van der Waals surface area (Å²) in [6.45, 7) is 2.24. The molecule has 0 bridgehead atoms. The number of anilines is 1. The number of nitrogens with zero attached hydrogens (tertiary/aromatic N) is 1. The highest BCUT2D eigenvalue weighted by atomic mass is 32.1. The Morgan fingerprint density at radius 2 is 2.15 bits per heavy atom. The van der Waals surface area contributed by atoms with Crippen molar-refractivity contribution in [1.29, 1.82) is 0 Å². The van der Waals surface area contributed by atoms with E-state index >= 15 is 0 Å². The summed E-state index contributed by atoms with van der Waals surface area (Å²) in [6, 6.07) is 3.33. The number of carbonyl (C=O) groups is 3. The molecule has 0 aliphatic carbocycles. The highest BCUT2D eigenvalue weighted by Gasteiger charge is 2.29. The number of carbonyl (C=O) groups excluding carboxylic acids is 2. The first-order chi connectivity index (χ1) is 9.47. The molecule has 1 aromatic rings. The Balaban J connectivity index is 2.05. The summed E-state index contributed by atoms with van der Waals surface area (Å²) >= 11 is 1.20. The summed E-state index contributed by atoms with van der Waals surface area (Å²) < 4.78 is 0. The van der Waals surface area contributed by atoms with Gasteiger partial charge in [0, 0.05) is 20.0 Å². The molecule has 1 aliphatic rings. The van der Waals surface area contributed by atoms with Gasteiger partial charge in [-0.3, -0.25) is 14.4 Å². The summed E-state index contributed by atoms with van der Waals surface area (Å²) in [4.78, 5) is 36.3. The number of aliphatic carboxylic acids is 1. The summed E-state index contributed by atoms with van der Waals surface area (Å²) in [5.41, 5.74) is 0. The molecule has 0 saturated carbocycles. The first kappa shape index (κ1) is 14.5. The van der Waals surface area contributed by atoms with Crippen LogP contribution in [0.2, 0.25) is 0 Å². The van der Waals surface area contributed by atoms with Crippen molar-refractivity contribution in [3.63, 3.8) is 0 Å². The van der Waals surface area contributed by atoms with E-state index in [1.54, 1.807) is 17.0 Å². The van der Waals surface area contributed by atoms with Gasteiger partial charge in [0.15, 0.2) is 0 Å². The second-order valence-electron chi connectivity index (χ2n) is 4.77. The van der Waals surface area contributed by atoms with Crippen LogP contribution in [0.3, 0.4) is 0 Å². The van der Waals surface area contributed by atoms with E-state index in [2.05, 4.69) is 5.32 Å². The minimum Gasteiger partial charge on any atom is -0.481 e. The molecule has 1 saturated heterocycles. The Kier molecular flexibility index (Phi) is 4.39. The molecule has 108 valence electrons. The normalized spacial score (nSPS) is 18.6. The fourth-order valence-electron chi connectivity index (χ4n) is 2.21. The van der Waals surface area contributed by atoms with E-state index in [1.807, 2.05) is 0 Å². The molecule has 0 radical (unpaired) electrons. The topological polar surface area (TPSA) is 86.7 Å². The fraction of sp³-hybridized carbons (Fsp3) is 0.462. The van der Waals surface area contributed by atoms with Crippen LogP contribution >= 0.6 is 11.3 Å². The predicted octanol–water partition coefficient (Wildman–Crippen LogP) is 1.64. The number of hydrogen-bond acceptors (Lipinski definition) is 4. The van der Waals surface area contributed by atoms with E-state index in [9.17, 15) is 14.4 Å². The number of amides is 2. The molecule has 2 N–H and O–H groups in total. The van der Waals surface area contributed by atoms with Gasteiger partial charge in [-0.2, -0.15) is 0 Å². The van der Waals surface area contributed by atoms with Crippen molar-refractivity contribution in [1.82, 2.24) is 4.90 Å². The second kappa shape index (κ2) is 6.04. The van der Waals surface area contributed by atoms with Crippen LogP contribution in [-0.2, 0) is 9.59 Å². The molecule has 0 aromatic carbocycles.